The molecule has 0 radical (unpaired) electrons. The summed E-state index contributed by atoms with van der Waals surface area (Å²) < 4.78 is 0. The van der Waals surface area contributed by atoms with Crippen LogP contribution in [0.2, 0.25) is 0 Å². The molecule has 0 spiro atoms. The molecule has 1 saturated heterocycles. The topological polar surface area (TPSA) is 93.4 Å². The number of fused-ring (bicyclic) bond motifs is 1. The molecule has 178 valence electrons. The molecule has 3 fully saturated rings. The molecular formula is C27H37N3O3. The number of rotatable bonds is 4. The Labute approximate surface area is 197 Å². The van der Waals surface area contributed by atoms with E-state index in [9.17, 15) is 14.7 Å². The quantitative estimate of drug-likeness (QED) is 0.729. The number of nitriles is 1. The highest BCUT2D eigenvalue weighted by Crippen LogP contribution is 2.55. The zero-order valence-electron chi connectivity index (χ0n) is 20.1. The second-order valence-electron chi connectivity index (χ2n) is 10.9. The molecule has 7 atom stereocenters. The number of carbonyl (C=O) groups is 2. The van der Waals surface area contributed by atoms with Gasteiger partial charge in [-0.05, 0) is 86.0 Å². The lowest BCUT2D eigenvalue weighted by atomic mass is 9.51. The van der Waals surface area contributed by atoms with E-state index in [0.29, 0.717) is 11.1 Å². The van der Waals surface area contributed by atoms with Crippen LogP contribution in [0.4, 0.5) is 0 Å². The summed E-state index contributed by atoms with van der Waals surface area (Å²) in [4.78, 5) is 27.9. The molecule has 3 aliphatic rings. The highest BCUT2D eigenvalue weighted by molar-refractivity contribution is 5.94. The van der Waals surface area contributed by atoms with Gasteiger partial charge in [0.05, 0.1) is 17.7 Å². The van der Waals surface area contributed by atoms with E-state index in [4.69, 9.17) is 5.26 Å². The number of nitrogens with zero attached hydrogens (tertiary/aromatic N) is 2. The van der Waals surface area contributed by atoms with Gasteiger partial charge in [0.1, 0.15) is 0 Å². The number of aliphatic hydroxyl groups is 1. The smallest absolute Gasteiger partial charge is 0.251 e. The minimum Gasteiger partial charge on any atom is -0.392 e. The van der Waals surface area contributed by atoms with E-state index in [2.05, 4.69) is 25.2 Å². The van der Waals surface area contributed by atoms with Crippen LogP contribution in [0.1, 0.15) is 75.2 Å². The summed E-state index contributed by atoms with van der Waals surface area (Å²) in [5, 5.41) is 23.8. The maximum absolute atomic E-state index is 13.1. The molecule has 2 saturated carbocycles. The lowest BCUT2D eigenvalue weighted by Gasteiger charge is -2.56. The molecule has 0 aromatic heterocycles. The Balaban J connectivity index is 1.47. The van der Waals surface area contributed by atoms with Gasteiger partial charge in [0, 0.05) is 30.6 Å². The second kappa shape index (κ2) is 9.46. The van der Waals surface area contributed by atoms with Gasteiger partial charge in [-0.15, -0.1) is 0 Å². The van der Waals surface area contributed by atoms with Crippen molar-refractivity contribution in [2.24, 2.45) is 29.1 Å². The first-order chi connectivity index (χ1) is 15.7. The maximum atomic E-state index is 13.1. The van der Waals surface area contributed by atoms with Crippen LogP contribution in [0.3, 0.4) is 0 Å². The molecule has 1 aromatic carbocycles. The normalized spacial score (nSPS) is 34.8. The lowest BCUT2D eigenvalue weighted by molar-refractivity contribution is -0.149. The fraction of sp³-hybridized carbons (Fsp3) is 0.667. The Morgan fingerprint density at radius 2 is 1.82 bits per heavy atom. The maximum Gasteiger partial charge on any atom is 0.251 e. The van der Waals surface area contributed by atoms with Crippen LogP contribution in [0.15, 0.2) is 24.3 Å². The van der Waals surface area contributed by atoms with Crippen molar-refractivity contribution in [2.45, 2.75) is 71.4 Å². The van der Waals surface area contributed by atoms with Gasteiger partial charge in [0.2, 0.25) is 5.91 Å². The summed E-state index contributed by atoms with van der Waals surface area (Å²) >= 11 is 0. The second-order valence-corrected chi connectivity index (χ2v) is 10.9. The Kier molecular flexibility index (Phi) is 6.81. The number of hydrogen-bond acceptors (Lipinski definition) is 4. The number of carbonyl (C=O) groups excluding carboxylic acids is 2. The van der Waals surface area contributed by atoms with Crippen molar-refractivity contribution < 1.29 is 14.7 Å². The van der Waals surface area contributed by atoms with Crippen LogP contribution >= 0.6 is 0 Å². The van der Waals surface area contributed by atoms with Crippen molar-refractivity contribution in [1.82, 2.24) is 10.2 Å². The van der Waals surface area contributed by atoms with E-state index in [1.165, 1.54) is 0 Å². The molecule has 4 rings (SSSR count). The molecule has 6 nitrogen and oxygen atoms in total. The zero-order valence-corrected chi connectivity index (χ0v) is 20.1. The lowest BCUT2D eigenvalue weighted by Crippen LogP contribution is -2.58. The Morgan fingerprint density at radius 3 is 2.45 bits per heavy atom. The molecule has 2 amide bonds. The highest BCUT2D eigenvalue weighted by Gasteiger charge is 2.54. The fourth-order valence-corrected chi connectivity index (χ4v) is 6.85. The minimum absolute atomic E-state index is 0.0239. The van der Waals surface area contributed by atoms with E-state index in [1.54, 1.807) is 24.3 Å². The van der Waals surface area contributed by atoms with Crippen molar-refractivity contribution in [3.05, 3.63) is 35.4 Å². The summed E-state index contributed by atoms with van der Waals surface area (Å²) in [6.07, 6.45) is 5.33. The summed E-state index contributed by atoms with van der Waals surface area (Å²) in [5.74, 6) is -0.00760. The predicted octanol–water partition coefficient (Wildman–Crippen LogP) is 3.74. The first-order valence-corrected chi connectivity index (χ1v) is 12.5. The van der Waals surface area contributed by atoms with Crippen LogP contribution in [0.25, 0.3) is 0 Å². The third-order valence-electron chi connectivity index (χ3n) is 8.93. The van der Waals surface area contributed by atoms with Crippen LogP contribution < -0.4 is 5.32 Å². The van der Waals surface area contributed by atoms with Crippen molar-refractivity contribution in [2.75, 3.05) is 13.1 Å². The van der Waals surface area contributed by atoms with E-state index in [1.807, 2.05) is 11.8 Å². The predicted molar refractivity (Wildman–Crippen MR) is 126 cm³/mol. The highest BCUT2D eigenvalue weighted by atomic mass is 16.3. The average molecular weight is 452 g/mol. The molecule has 2 N–H and O–H groups in total. The fourth-order valence-electron chi connectivity index (χ4n) is 6.85. The number of likely N-dealkylation sites (tertiary alicyclic amines) is 1. The van der Waals surface area contributed by atoms with Crippen LogP contribution in [-0.4, -0.2) is 47.1 Å². The summed E-state index contributed by atoms with van der Waals surface area (Å²) in [7, 11) is 0. The largest absolute Gasteiger partial charge is 0.392 e. The van der Waals surface area contributed by atoms with Crippen molar-refractivity contribution in [3.63, 3.8) is 0 Å². The SMILES string of the molecule is C[C@@H]1[C@@H]2[C@@H](O)[C@H]([C@H](C)C(=O)N3CCCC3)CC[C@]2(C)CC[C@@H]1NC(=O)c1ccc(C#N)cc1. The molecule has 2 aliphatic carbocycles. The Bertz CT molecular complexity index is 918. The van der Waals surface area contributed by atoms with Gasteiger partial charge >= 0.3 is 0 Å². The van der Waals surface area contributed by atoms with Crippen molar-refractivity contribution in [1.29, 1.82) is 5.26 Å². The number of nitrogens with one attached hydrogen (secondary N) is 1. The molecule has 1 aromatic rings. The van der Waals surface area contributed by atoms with Crippen molar-refractivity contribution >= 4 is 11.8 Å². The molecule has 0 unspecified atom stereocenters. The molecule has 0 bridgehead atoms. The van der Waals surface area contributed by atoms with Crippen molar-refractivity contribution in [3.8, 4) is 6.07 Å². The molecule has 6 heteroatoms. The molecule has 33 heavy (non-hydrogen) atoms. The van der Waals surface area contributed by atoms with E-state index < -0.39 is 6.10 Å². The van der Waals surface area contributed by atoms with Gasteiger partial charge in [-0.3, -0.25) is 9.59 Å². The average Bonchev–Trinajstić information content (AvgIpc) is 3.35. The number of aliphatic hydroxyl groups excluding tert-OH is 1. The minimum atomic E-state index is -0.546. The van der Waals surface area contributed by atoms with Gasteiger partial charge in [0.15, 0.2) is 0 Å². The van der Waals surface area contributed by atoms with Gasteiger partial charge in [-0.2, -0.15) is 5.26 Å². The molecule has 1 heterocycles. The standard InChI is InChI=1S/C27H37N3O3/c1-17(26(33)30-14-4-5-15-30)21-10-12-27(3)13-11-22(18(2)23(27)24(21)31)29-25(32)20-8-6-19(16-28)7-9-20/h6-9,17-18,21-24,31H,4-5,10-15H2,1-3H3,(H,29,32)/t17-,18-,21-,22-,23+,24-,27+/m0/s1. The van der Waals surface area contributed by atoms with Crippen LogP contribution in [0, 0.1) is 40.4 Å². The van der Waals surface area contributed by atoms with Crippen LogP contribution in [0.5, 0.6) is 0 Å². The number of hydrogen-bond donors (Lipinski definition) is 2. The third kappa shape index (κ3) is 4.53. The van der Waals surface area contributed by atoms with E-state index in [0.717, 1.165) is 51.6 Å². The van der Waals surface area contributed by atoms with Gasteiger partial charge in [-0.1, -0.05) is 20.8 Å². The Morgan fingerprint density at radius 1 is 1.18 bits per heavy atom. The number of amides is 2. The van der Waals surface area contributed by atoms with Crippen LogP contribution in [-0.2, 0) is 4.79 Å². The van der Waals surface area contributed by atoms with Gasteiger partial charge < -0.3 is 15.3 Å². The van der Waals surface area contributed by atoms with Gasteiger partial charge in [-0.25, -0.2) is 0 Å². The first kappa shape index (κ1) is 23.8. The summed E-state index contributed by atoms with van der Waals surface area (Å²) in [6.45, 7) is 8.10. The monoisotopic (exact) mass is 451 g/mol. The van der Waals surface area contributed by atoms with E-state index >= 15 is 0 Å². The Hall–Kier alpha value is -2.39. The first-order valence-electron chi connectivity index (χ1n) is 12.5. The van der Waals surface area contributed by atoms with Gasteiger partial charge in [0.25, 0.3) is 5.91 Å². The van der Waals surface area contributed by atoms with E-state index in [-0.39, 0.29) is 46.9 Å². The summed E-state index contributed by atoms with van der Waals surface area (Å²) in [6, 6.07) is 8.73. The molecular weight excluding hydrogens is 414 g/mol. The molecule has 1 aliphatic heterocycles. The summed E-state index contributed by atoms with van der Waals surface area (Å²) in [5.41, 5.74) is 1.10. The zero-order chi connectivity index (χ0) is 23.8. The third-order valence-corrected chi connectivity index (χ3v) is 8.93. The number of benzene rings is 1.